The maximum absolute atomic E-state index is 12.6. The van der Waals surface area contributed by atoms with Crippen LogP contribution >= 0.6 is 15.9 Å². The van der Waals surface area contributed by atoms with Gasteiger partial charge < -0.3 is 9.84 Å². The van der Waals surface area contributed by atoms with Gasteiger partial charge >= 0.3 is 5.97 Å². The fourth-order valence-electron chi connectivity index (χ4n) is 2.18. The molecule has 0 radical (unpaired) electrons. The van der Waals surface area contributed by atoms with Crippen LogP contribution in [0.2, 0.25) is 0 Å². The summed E-state index contributed by atoms with van der Waals surface area (Å²) in [6, 6.07) is 6.67. The summed E-state index contributed by atoms with van der Waals surface area (Å²) < 4.78 is 5.62. The first-order valence-corrected chi connectivity index (χ1v) is 7.77. The molecule has 0 aromatic heterocycles. The first kappa shape index (κ1) is 16.6. The molecular formula is C15H17BrN2O4. The number of benzene rings is 1. The molecule has 0 saturated heterocycles. The number of carbonyl (C=O) groups excluding carboxylic acids is 2. The van der Waals surface area contributed by atoms with Crippen molar-refractivity contribution in [3.05, 3.63) is 34.3 Å². The lowest BCUT2D eigenvalue weighted by molar-refractivity contribution is -0.179. The molecule has 22 heavy (non-hydrogen) atoms. The summed E-state index contributed by atoms with van der Waals surface area (Å²) in [4.78, 5) is 24.7. The van der Waals surface area contributed by atoms with Crippen molar-refractivity contribution in [3.63, 3.8) is 0 Å². The predicted molar refractivity (Wildman–Crippen MR) is 84.2 cm³/mol. The molecule has 1 aromatic rings. The largest absolute Gasteiger partial charge is 0.462 e. The van der Waals surface area contributed by atoms with Crippen molar-refractivity contribution in [2.45, 2.75) is 32.4 Å². The molecule has 1 amide bonds. The monoisotopic (exact) mass is 368 g/mol. The Labute approximate surface area is 136 Å². The zero-order valence-electron chi connectivity index (χ0n) is 12.4. The van der Waals surface area contributed by atoms with Gasteiger partial charge in [-0.15, -0.1) is 0 Å². The minimum Gasteiger partial charge on any atom is -0.462 e. The number of hydrazone groups is 1. The summed E-state index contributed by atoms with van der Waals surface area (Å²) in [5.74, 6) is -1.43. The van der Waals surface area contributed by atoms with E-state index in [4.69, 9.17) is 4.74 Å². The van der Waals surface area contributed by atoms with E-state index in [0.29, 0.717) is 17.7 Å². The molecule has 0 bridgehead atoms. The first-order chi connectivity index (χ1) is 10.4. The van der Waals surface area contributed by atoms with Crippen molar-refractivity contribution in [2.24, 2.45) is 5.10 Å². The minimum atomic E-state index is -2.08. The van der Waals surface area contributed by atoms with Crippen LogP contribution in [-0.4, -0.2) is 40.0 Å². The van der Waals surface area contributed by atoms with Gasteiger partial charge in [-0.25, -0.2) is 4.79 Å². The van der Waals surface area contributed by atoms with E-state index in [1.165, 1.54) is 0 Å². The van der Waals surface area contributed by atoms with E-state index < -0.39 is 17.6 Å². The van der Waals surface area contributed by atoms with E-state index in [-0.39, 0.29) is 13.0 Å². The molecule has 0 spiro atoms. The van der Waals surface area contributed by atoms with E-state index in [1.807, 2.05) is 6.92 Å². The molecule has 1 heterocycles. The molecule has 0 fully saturated rings. The highest BCUT2D eigenvalue weighted by atomic mass is 79.9. The van der Waals surface area contributed by atoms with Gasteiger partial charge in [-0.1, -0.05) is 28.9 Å². The Morgan fingerprint density at radius 1 is 1.45 bits per heavy atom. The lowest BCUT2D eigenvalue weighted by atomic mass is 10.0. The normalized spacial score (nSPS) is 20.7. The molecule has 0 aliphatic carbocycles. The van der Waals surface area contributed by atoms with Crippen LogP contribution in [0.5, 0.6) is 0 Å². The highest BCUT2D eigenvalue weighted by Gasteiger charge is 2.51. The van der Waals surface area contributed by atoms with Gasteiger partial charge in [0.25, 0.3) is 11.6 Å². The second-order valence-corrected chi connectivity index (χ2v) is 5.78. The second kappa shape index (κ2) is 6.58. The summed E-state index contributed by atoms with van der Waals surface area (Å²) in [6.07, 6.45) is 0.492. The number of hydrogen-bond donors (Lipinski definition) is 1. The van der Waals surface area contributed by atoms with E-state index in [1.54, 1.807) is 31.2 Å². The summed E-state index contributed by atoms with van der Waals surface area (Å²) in [5, 5.41) is 15.6. The number of aliphatic hydroxyl groups is 1. The van der Waals surface area contributed by atoms with Crippen molar-refractivity contribution in [1.82, 2.24) is 5.01 Å². The van der Waals surface area contributed by atoms with Gasteiger partial charge in [-0.2, -0.15) is 10.1 Å². The van der Waals surface area contributed by atoms with Gasteiger partial charge in [0, 0.05) is 22.2 Å². The molecule has 1 N–H and O–H groups in total. The average Bonchev–Trinajstić information content (AvgIpc) is 2.85. The molecule has 0 saturated carbocycles. The van der Waals surface area contributed by atoms with Crippen LogP contribution in [0.25, 0.3) is 0 Å². The Bertz CT molecular complexity index is 632. The molecule has 1 atom stereocenters. The van der Waals surface area contributed by atoms with Gasteiger partial charge in [0.2, 0.25) is 0 Å². The van der Waals surface area contributed by atoms with Crippen molar-refractivity contribution in [2.75, 3.05) is 6.61 Å². The van der Waals surface area contributed by atoms with Gasteiger partial charge in [0.15, 0.2) is 0 Å². The van der Waals surface area contributed by atoms with Crippen LogP contribution in [0.4, 0.5) is 0 Å². The Morgan fingerprint density at radius 3 is 2.77 bits per heavy atom. The lowest BCUT2D eigenvalue weighted by Gasteiger charge is -2.28. The van der Waals surface area contributed by atoms with Crippen LogP contribution in [0.3, 0.4) is 0 Å². The summed E-state index contributed by atoms with van der Waals surface area (Å²) in [7, 11) is 0. The van der Waals surface area contributed by atoms with Gasteiger partial charge in [0.05, 0.1) is 6.61 Å². The maximum Gasteiger partial charge on any atom is 0.362 e. The summed E-state index contributed by atoms with van der Waals surface area (Å²) >= 11 is 3.29. The Balaban J connectivity index is 2.37. The smallest absolute Gasteiger partial charge is 0.362 e. The standard InChI is InChI=1S/C15H17BrN2O4/c1-3-12-9-15(21,14(20)22-4-2)18(17-12)13(19)10-6-5-7-11(16)8-10/h5-8,21H,3-4,9H2,1-2H3/t15-/m0/s1. The summed E-state index contributed by atoms with van der Waals surface area (Å²) in [6.45, 7) is 3.59. The number of hydrogen-bond acceptors (Lipinski definition) is 5. The number of nitrogens with zero attached hydrogens (tertiary/aromatic N) is 2. The predicted octanol–water partition coefficient (Wildman–Crippen LogP) is 2.31. The van der Waals surface area contributed by atoms with Gasteiger partial charge in [0.1, 0.15) is 0 Å². The fraction of sp³-hybridized carbons (Fsp3) is 0.400. The zero-order valence-corrected chi connectivity index (χ0v) is 14.0. The molecule has 2 rings (SSSR count). The number of esters is 1. The lowest BCUT2D eigenvalue weighted by Crippen LogP contribution is -2.53. The molecule has 0 unspecified atom stereocenters. The number of ether oxygens (including phenoxy) is 1. The third kappa shape index (κ3) is 3.05. The van der Waals surface area contributed by atoms with E-state index in [2.05, 4.69) is 21.0 Å². The SMILES string of the molecule is CCOC(=O)[C@@]1(O)CC(CC)=NN1C(=O)c1cccc(Br)c1. The van der Waals surface area contributed by atoms with Crippen LogP contribution in [-0.2, 0) is 9.53 Å². The van der Waals surface area contributed by atoms with Gasteiger partial charge in [-0.05, 0) is 31.5 Å². The number of halogens is 1. The Morgan fingerprint density at radius 2 is 2.18 bits per heavy atom. The molecule has 1 aliphatic heterocycles. The van der Waals surface area contributed by atoms with Crippen LogP contribution in [0, 0.1) is 0 Å². The van der Waals surface area contributed by atoms with E-state index in [9.17, 15) is 14.7 Å². The average molecular weight is 369 g/mol. The number of rotatable bonds is 4. The van der Waals surface area contributed by atoms with Crippen LogP contribution < -0.4 is 0 Å². The molecule has 7 heteroatoms. The molecule has 1 aromatic carbocycles. The van der Waals surface area contributed by atoms with Gasteiger partial charge in [-0.3, -0.25) is 4.79 Å². The van der Waals surface area contributed by atoms with E-state index in [0.717, 1.165) is 9.48 Å². The highest BCUT2D eigenvalue weighted by molar-refractivity contribution is 9.10. The second-order valence-electron chi connectivity index (χ2n) is 4.86. The minimum absolute atomic E-state index is 0.0396. The fourth-order valence-corrected chi connectivity index (χ4v) is 2.58. The van der Waals surface area contributed by atoms with E-state index >= 15 is 0 Å². The number of amides is 1. The molecule has 1 aliphatic rings. The van der Waals surface area contributed by atoms with Crippen molar-refractivity contribution in [3.8, 4) is 0 Å². The number of carbonyl (C=O) groups is 2. The molecule has 118 valence electrons. The third-order valence-corrected chi connectivity index (χ3v) is 3.81. The maximum atomic E-state index is 12.6. The molecular weight excluding hydrogens is 352 g/mol. The first-order valence-electron chi connectivity index (χ1n) is 6.98. The van der Waals surface area contributed by atoms with Crippen molar-refractivity contribution >= 4 is 33.5 Å². The quantitative estimate of drug-likeness (QED) is 0.827. The zero-order chi connectivity index (χ0) is 16.3. The topological polar surface area (TPSA) is 79.2 Å². The van der Waals surface area contributed by atoms with Crippen LogP contribution in [0.1, 0.15) is 37.0 Å². The Hall–Kier alpha value is -1.73. The van der Waals surface area contributed by atoms with Crippen molar-refractivity contribution in [1.29, 1.82) is 0 Å². The van der Waals surface area contributed by atoms with Crippen molar-refractivity contribution < 1.29 is 19.4 Å². The Kier molecular flexibility index (Phi) is 4.97. The highest BCUT2D eigenvalue weighted by Crippen LogP contribution is 2.30. The summed E-state index contributed by atoms with van der Waals surface area (Å²) in [5.41, 5.74) is -1.20. The third-order valence-electron chi connectivity index (χ3n) is 3.32. The molecule has 6 nitrogen and oxygen atoms in total. The van der Waals surface area contributed by atoms with Crippen LogP contribution in [0.15, 0.2) is 33.8 Å².